The fraction of sp³-hybridized carbons (Fsp3) is 0.500. The highest BCUT2D eigenvalue weighted by molar-refractivity contribution is 5.94. The first-order valence-corrected chi connectivity index (χ1v) is 5.98. The predicted octanol–water partition coefficient (Wildman–Crippen LogP) is 2.86. The van der Waals surface area contributed by atoms with Gasteiger partial charge in [0.2, 0.25) is 0 Å². The number of carbonyl (C=O) groups is 1. The minimum atomic E-state index is -0.0444. The number of hydrogen-bond acceptors (Lipinski definition) is 2. The standard InChI is InChI=1S/C14H21NO2/c1-10(2)8-11(3)15-14(16)12-6-5-7-13(9-12)17-4/h5-7,9-11H,8H2,1-4H3,(H,15,16)/t11-/m1/s1. The van der Waals surface area contributed by atoms with Crippen molar-refractivity contribution in [3.8, 4) is 5.75 Å². The lowest BCUT2D eigenvalue weighted by molar-refractivity contribution is 0.0936. The van der Waals surface area contributed by atoms with E-state index in [0.29, 0.717) is 17.2 Å². The molecule has 0 saturated carbocycles. The topological polar surface area (TPSA) is 38.3 Å². The molecule has 0 unspecified atom stereocenters. The largest absolute Gasteiger partial charge is 0.497 e. The molecule has 1 N–H and O–H groups in total. The molecule has 0 spiro atoms. The number of benzene rings is 1. The van der Waals surface area contributed by atoms with Crippen molar-refractivity contribution in [1.29, 1.82) is 0 Å². The minimum absolute atomic E-state index is 0.0444. The molecule has 1 atom stereocenters. The molecule has 0 fully saturated rings. The number of methoxy groups -OCH3 is 1. The van der Waals surface area contributed by atoms with Gasteiger partial charge in [0.1, 0.15) is 5.75 Å². The van der Waals surface area contributed by atoms with Gasteiger partial charge in [0.05, 0.1) is 7.11 Å². The second-order valence-electron chi connectivity index (χ2n) is 4.74. The summed E-state index contributed by atoms with van der Waals surface area (Å²) in [5, 5.41) is 2.98. The molecule has 0 aliphatic rings. The molecule has 1 aromatic rings. The number of hydrogen-bond donors (Lipinski definition) is 1. The van der Waals surface area contributed by atoms with Crippen LogP contribution in [-0.2, 0) is 0 Å². The van der Waals surface area contributed by atoms with Crippen LogP contribution in [0.1, 0.15) is 37.6 Å². The molecule has 0 bridgehead atoms. The third kappa shape index (κ3) is 4.47. The molecule has 0 saturated heterocycles. The van der Waals surface area contributed by atoms with Gasteiger partial charge in [-0.25, -0.2) is 0 Å². The molecule has 1 rings (SSSR count). The molecule has 0 heterocycles. The summed E-state index contributed by atoms with van der Waals surface area (Å²) >= 11 is 0. The smallest absolute Gasteiger partial charge is 0.251 e. The first-order valence-electron chi connectivity index (χ1n) is 5.98. The van der Waals surface area contributed by atoms with Crippen LogP contribution in [0, 0.1) is 5.92 Å². The van der Waals surface area contributed by atoms with E-state index in [1.54, 1.807) is 19.2 Å². The van der Waals surface area contributed by atoms with Crippen molar-refractivity contribution in [2.24, 2.45) is 5.92 Å². The van der Waals surface area contributed by atoms with E-state index in [1.807, 2.05) is 19.1 Å². The van der Waals surface area contributed by atoms with Gasteiger partial charge in [-0.05, 0) is 37.5 Å². The summed E-state index contributed by atoms with van der Waals surface area (Å²) in [4.78, 5) is 11.9. The van der Waals surface area contributed by atoms with Crippen LogP contribution in [0.15, 0.2) is 24.3 Å². The van der Waals surface area contributed by atoms with Crippen molar-refractivity contribution in [2.75, 3.05) is 7.11 Å². The highest BCUT2D eigenvalue weighted by Gasteiger charge is 2.11. The van der Waals surface area contributed by atoms with Crippen LogP contribution in [0.25, 0.3) is 0 Å². The molecule has 1 aromatic carbocycles. The molecule has 3 nitrogen and oxygen atoms in total. The quantitative estimate of drug-likeness (QED) is 0.852. The minimum Gasteiger partial charge on any atom is -0.497 e. The second-order valence-corrected chi connectivity index (χ2v) is 4.74. The second kappa shape index (κ2) is 6.28. The highest BCUT2D eigenvalue weighted by atomic mass is 16.5. The Kier molecular flexibility index (Phi) is 5.01. The van der Waals surface area contributed by atoms with E-state index in [4.69, 9.17) is 4.74 Å². The Morgan fingerprint density at radius 3 is 2.65 bits per heavy atom. The number of nitrogens with one attached hydrogen (secondary N) is 1. The Labute approximate surface area is 103 Å². The lowest BCUT2D eigenvalue weighted by Crippen LogP contribution is -2.33. The molecule has 17 heavy (non-hydrogen) atoms. The van der Waals surface area contributed by atoms with Crippen LogP contribution >= 0.6 is 0 Å². The van der Waals surface area contributed by atoms with E-state index in [-0.39, 0.29) is 11.9 Å². The maximum Gasteiger partial charge on any atom is 0.251 e. The fourth-order valence-corrected chi connectivity index (χ4v) is 1.84. The lowest BCUT2D eigenvalue weighted by Gasteiger charge is -2.16. The van der Waals surface area contributed by atoms with Crippen LogP contribution in [0.5, 0.6) is 5.75 Å². The summed E-state index contributed by atoms with van der Waals surface area (Å²) in [6, 6.07) is 7.38. The van der Waals surface area contributed by atoms with Gasteiger partial charge in [0.15, 0.2) is 0 Å². The van der Waals surface area contributed by atoms with E-state index in [9.17, 15) is 4.79 Å². The van der Waals surface area contributed by atoms with Crippen molar-refractivity contribution < 1.29 is 9.53 Å². The number of carbonyl (C=O) groups excluding carboxylic acids is 1. The third-order valence-electron chi connectivity index (χ3n) is 2.53. The Morgan fingerprint density at radius 2 is 2.06 bits per heavy atom. The summed E-state index contributed by atoms with van der Waals surface area (Å²) in [5.74, 6) is 1.24. The molecule has 1 amide bonds. The van der Waals surface area contributed by atoms with E-state index in [1.165, 1.54) is 0 Å². The van der Waals surface area contributed by atoms with Gasteiger partial charge in [-0.1, -0.05) is 19.9 Å². The average molecular weight is 235 g/mol. The summed E-state index contributed by atoms with van der Waals surface area (Å²) in [5.41, 5.74) is 0.639. The number of amides is 1. The van der Waals surface area contributed by atoms with Crippen LogP contribution in [0.3, 0.4) is 0 Å². The molecule has 3 heteroatoms. The number of ether oxygens (including phenoxy) is 1. The van der Waals surface area contributed by atoms with Gasteiger partial charge in [0.25, 0.3) is 5.91 Å². The van der Waals surface area contributed by atoms with Gasteiger partial charge >= 0.3 is 0 Å². The van der Waals surface area contributed by atoms with Crippen molar-refractivity contribution in [1.82, 2.24) is 5.32 Å². The van der Waals surface area contributed by atoms with Gasteiger partial charge in [-0.2, -0.15) is 0 Å². The Bertz CT molecular complexity index is 374. The summed E-state index contributed by atoms with van der Waals surface area (Å²) < 4.78 is 5.09. The van der Waals surface area contributed by atoms with Gasteiger partial charge in [-0.15, -0.1) is 0 Å². The maximum absolute atomic E-state index is 11.9. The molecule has 0 aliphatic carbocycles. The molecule has 0 radical (unpaired) electrons. The third-order valence-corrected chi connectivity index (χ3v) is 2.53. The normalized spacial score (nSPS) is 12.3. The van der Waals surface area contributed by atoms with Crippen LogP contribution < -0.4 is 10.1 Å². The molecule has 0 aliphatic heterocycles. The van der Waals surface area contributed by atoms with E-state index >= 15 is 0 Å². The Hall–Kier alpha value is -1.51. The maximum atomic E-state index is 11.9. The van der Waals surface area contributed by atoms with Crippen LogP contribution in [0.2, 0.25) is 0 Å². The lowest BCUT2D eigenvalue weighted by atomic mass is 10.0. The summed E-state index contributed by atoms with van der Waals surface area (Å²) in [7, 11) is 1.60. The molecular weight excluding hydrogens is 214 g/mol. The summed E-state index contributed by atoms with van der Waals surface area (Å²) in [6.45, 7) is 6.32. The Morgan fingerprint density at radius 1 is 1.35 bits per heavy atom. The van der Waals surface area contributed by atoms with E-state index in [0.717, 1.165) is 6.42 Å². The summed E-state index contributed by atoms with van der Waals surface area (Å²) in [6.07, 6.45) is 0.982. The van der Waals surface area contributed by atoms with E-state index < -0.39 is 0 Å². The van der Waals surface area contributed by atoms with Crippen LogP contribution in [0.4, 0.5) is 0 Å². The van der Waals surface area contributed by atoms with Crippen molar-refractivity contribution in [2.45, 2.75) is 33.2 Å². The predicted molar refractivity (Wildman–Crippen MR) is 69.4 cm³/mol. The highest BCUT2D eigenvalue weighted by Crippen LogP contribution is 2.13. The zero-order valence-electron chi connectivity index (χ0n) is 11.0. The van der Waals surface area contributed by atoms with E-state index in [2.05, 4.69) is 19.2 Å². The average Bonchev–Trinajstić information content (AvgIpc) is 2.27. The zero-order valence-corrected chi connectivity index (χ0v) is 11.0. The fourth-order valence-electron chi connectivity index (χ4n) is 1.84. The van der Waals surface area contributed by atoms with Gasteiger partial charge in [-0.3, -0.25) is 4.79 Å². The Balaban J connectivity index is 2.63. The van der Waals surface area contributed by atoms with Gasteiger partial charge in [0, 0.05) is 11.6 Å². The first kappa shape index (κ1) is 13.6. The monoisotopic (exact) mass is 235 g/mol. The zero-order chi connectivity index (χ0) is 12.8. The first-order chi connectivity index (χ1) is 8.02. The SMILES string of the molecule is COc1cccc(C(=O)N[C@H](C)CC(C)C)c1. The molecule has 94 valence electrons. The van der Waals surface area contributed by atoms with Crippen molar-refractivity contribution in [3.05, 3.63) is 29.8 Å². The number of rotatable bonds is 5. The van der Waals surface area contributed by atoms with Crippen molar-refractivity contribution >= 4 is 5.91 Å². The molecular formula is C14H21NO2. The van der Waals surface area contributed by atoms with Crippen LogP contribution in [-0.4, -0.2) is 19.1 Å². The van der Waals surface area contributed by atoms with Crippen molar-refractivity contribution in [3.63, 3.8) is 0 Å². The molecule has 0 aromatic heterocycles. The van der Waals surface area contributed by atoms with Gasteiger partial charge < -0.3 is 10.1 Å².